The average Bonchev–Trinajstić information content (AvgIpc) is 2.43. The molecule has 0 saturated heterocycles. The maximum absolute atomic E-state index is 12.7. The lowest BCUT2D eigenvalue weighted by molar-refractivity contribution is -0.169. The fourth-order valence-electron chi connectivity index (χ4n) is 3.14. The van der Waals surface area contributed by atoms with Crippen LogP contribution in [-0.2, 0) is 9.59 Å². The summed E-state index contributed by atoms with van der Waals surface area (Å²) in [4.78, 5) is 40.9. The van der Waals surface area contributed by atoms with Gasteiger partial charge in [0.25, 0.3) is 5.91 Å². The van der Waals surface area contributed by atoms with E-state index in [9.17, 15) is 24.6 Å². The maximum Gasteiger partial charge on any atom is 0.330 e. The van der Waals surface area contributed by atoms with Crippen LogP contribution in [0.3, 0.4) is 0 Å². The summed E-state index contributed by atoms with van der Waals surface area (Å²) in [6.07, 6.45) is 2.79. The fraction of sp³-hybridized carbons (Fsp3) is 0.556. The molecule has 0 saturated carbocycles. The first-order valence-corrected chi connectivity index (χ1v) is 7.94. The third-order valence-electron chi connectivity index (χ3n) is 4.30. The Balaban J connectivity index is 3.60. The molecule has 0 aromatic carbocycles. The summed E-state index contributed by atoms with van der Waals surface area (Å²) in [5, 5.41) is 22.4. The molecule has 0 aliphatic heterocycles. The van der Waals surface area contributed by atoms with Crippen LogP contribution in [0.25, 0.3) is 0 Å². The highest BCUT2D eigenvalue weighted by Gasteiger charge is 2.61. The molecule has 25 heavy (non-hydrogen) atoms. The van der Waals surface area contributed by atoms with Crippen LogP contribution in [-0.4, -0.2) is 38.6 Å². The minimum Gasteiger partial charge on any atom is -0.481 e. The van der Waals surface area contributed by atoms with E-state index in [0.29, 0.717) is 0 Å². The van der Waals surface area contributed by atoms with Gasteiger partial charge in [-0.3, -0.25) is 14.6 Å². The summed E-state index contributed by atoms with van der Waals surface area (Å²) in [6, 6.07) is 3.04. The molecule has 2 unspecified atom stereocenters. The number of carbonyl (C=O) groups excluding carboxylic acids is 1. The van der Waals surface area contributed by atoms with Gasteiger partial charge in [0.2, 0.25) is 0 Å². The molecule has 0 aliphatic rings. The SMILES string of the molecule is CC(C)(C)C(C(=O)O)C(NC(=O)c1cccnc1)(C(=O)O)C(C)(C)C. The van der Waals surface area contributed by atoms with E-state index in [2.05, 4.69) is 10.3 Å². The van der Waals surface area contributed by atoms with Gasteiger partial charge in [-0.05, 0) is 23.0 Å². The lowest BCUT2D eigenvalue weighted by atomic mass is 9.58. The Labute approximate surface area is 147 Å². The van der Waals surface area contributed by atoms with Gasteiger partial charge in [0.05, 0.1) is 11.5 Å². The number of nitrogens with zero attached hydrogens (tertiary/aromatic N) is 1. The van der Waals surface area contributed by atoms with Gasteiger partial charge in [-0.15, -0.1) is 0 Å². The van der Waals surface area contributed by atoms with E-state index < -0.39 is 40.1 Å². The summed E-state index contributed by atoms with van der Waals surface area (Å²) in [6.45, 7) is 9.74. The number of nitrogens with one attached hydrogen (secondary N) is 1. The Morgan fingerprint density at radius 1 is 1.08 bits per heavy atom. The summed E-state index contributed by atoms with van der Waals surface area (Å²) in [5.41, 5.74) is -3.85. The zero-order chi connectivity index (χ0) is 19.6. The molecule has 7 nitrogen and oxygen atoms in total. The minimum atomic E-state index is -2.02. The quantitative estimate of drug-likeness (QED) is 0.751. The second kappa shape index (κ2) is 6.82. The van der Waals surface area contributed by atoms with Gasteiger partial charge in [0.1, 0.15) is 0 Å². The maximum atomic E-state index is 12.7. The second-order valence-corrected chi connectivity index (χ2v) is 8.20. The van der Waals surface area contributed by atoms with E-state index in [4.69, 9.17) is 0 Å². The van der Waals surface area contributed by atoms with Crippen molar-refractivity contribution in [1.29, 1.82) is 0 Å². The van der Waals surface area contributed by atoms with Crippen molar-refractivity contribution in [3.63, 3.8) is 0 Å². The van der Waals surface area contributed by atoms with Crippen LogP contribution < -0.4 is 5.32 Å². The highest BCUT2D eigenvalue weighted by molar-refractivity contribution is 5.99. The highest BCUT2D eigenvalue weighted by Crippen LogP contribution is 2.45. The monoisotopic (exact) mass is 350 g/mol. The highest BCUT2D eigenvalue weighted by atomic mass is 16.4. The molecule has 138 valence electrons. The molecule has 0 spiro atoms. The van der Waals surface area contributed by atoms with Gasteiger partial charge in [0.15, 0.2) is 5.54 Å². The molecule has 3 N–H and O–H groups in total. The standard InChI is InChI=1S/C18H26N2O5/c1-16(2,3)12(14(22)23)18(15(24)25,17(4,5)6)20-13(21)11-8-7-9-19-10-11/h7-10,12H,1-6H3,(H,20,21)(H,22,23)(H,24,25). The molecular formula is C18H26N2O5. The molecule has 2 atom stereocenters. The number of pyridine rings is 1. The number of aromatic nitrogens is 1. The van der Waals surface area contributed by atoms with E-state index in [1.165, 1.54) is 18.5 Å². The van der Waals surface area contributed by atoms with Gasteiger partial charge in [0, 0.05) is 12.4 Å². The summed E-state index contributed by atoms with van der Waals surface area (Å²) in [5.74, 6) is -4.71. The van der Waals surface area contributed by atoms with Crippen molar-refractivity contribution in [2.24, 2.45) is 16.7 Å². The van der Waals surface area contributed by atoms with Gasteiger partial charge in [-0.1, -0.05) is 41.5 Å². The molecule has 1 heterocycles. The van der Waals surface area contributed by atoms with Gasteiger partial charge < -0.3 is 15.5 Å². The van der Waals surface area contributed by atoms with Crippen molar-refractivity contribution in [3.8, 4) is 0 Å². The first-order chi connectivity index (χ1) is 11.2. The average molecular weight is 350 g/mol. The first kappa shape index (κ1) is 20.6. The van der Waals surface area contributed by atoms with Crippen LogP contribution in [0.4, 0.5) is 0 Å². The predicted octanol–water partition coefficient (Wildman–Crippen LogP) is 2.43. The molecule has 0 fully saturated rings. The number of amides is 1. The van der Waals surface area contributed by atoms with E-state index in [-0.39, 0.29) is 5.56 Å². The van der Waals surface area contributed by atoms with Gasteiger partial charge in [-0.2, -0.15) is 0 Å². The molecule has 0 bridgehead atoms. The number of rotatable bonds is 5. The summed E-state index contributed by atoms with van der Waals surface area (Å²) >= 11 is 0. The third kappa shape index (κ3) is 3.97. The van der Waals surface area contributed by atoms with E-state index in [1.54, 1.807) is 47.6 Å². The molecule has 7 heteroatoms. The molecule has 1 rings (SSSR count). The molecule has 0 radical (unpaired) electrons. The topological polar surface area (TPSA) is 117 Å². The van der Waals surface area contributed by atoms with Crippen molar-refractivity contribution >= 4 is 17.8 Å². The van der Waals surface area contributed by atoms with Gasteiger partial charge in [-0.25, -0.2) is 4.79 Å². The van der Waals surface area contributed by atoms with E-state index in [1.807, 2.05) is 0 Å². The van der Waals surface area contributed by atoms with Crippen LogP contribution in [0, 0.1) is 16.7 Å². The number of carboxylic acids is 2. The zero-order valence-corrected chi connectivity index (χ0v) is 15.5. The number of hydrogen-bond donors (Lipinski definition) is 3. The third-order valence-corrected chi connectivity index (χ3v) is 4.30. The smallest absolute Gasteiger partial charge is 0.330 e. The molecular weight excluding hydrogens is 324 g/mol. The lowest BCUT2D eigenvalue weighted by Crippen LogP contribution is -2.70. The summed E-state index contributed by atoms with van der Waals surface area (Å²) < 4.78 is 0. The normalized spacial score (nSPS) is 15.8. The zero-order valence-electron chi connectivity index (χ0n) is 15.5. The summed E-state index contributed by atoms with van der Waals surface area (Å²) in [7, 11) is 0. The van der Waals surface area contributed by atoms with Crippen LogP contribution in [0.2, 0.25) is 0 Å². The lowest BCUT2D eigenvalue weighted by Gasteiger charge is -2.49. The molecule has 1 amide bonds. The Bertz CT molecular complexity index is 658. The van der Waals surface area contributed by atoms with Gasteiger partial charge >= 0.3 is 11.9 Å². The Morgan fingerprint density at radius 2 is 1.64 bits per heavy atom. The van der Waals surface area contributed by atoms with Crippen LogP contribution in [0.15, 0.2) is 24.5 Å². The van der Waals surface area contributed by atoms with Crippen LogP contribution >= 0.6 is 0 Å². The second-order valence-electron chi connectivity index (χ2n) is 8.20. The Morgan fingerprint density at radius 3 is 1.96 bits per heavy atom. The number of carboxylic acid groups (broad SMARTS) is 2. The van der Waals surface area contributed by atoms with Crippen molar-refractivity contribution in [1.82, 2.24) is 10.3 Å². The van der Waals surface area contributed by atoms with Crippen molar-refractivity contribution < 1.29 is 24.6 Å². The predicted molar refractivity (Wildman–Crippen MR) is 92.1 cm³/mol. The van der Waals surface area contributed by atoms with Crippen molar-refractivity contribution in [2.75, 3.05) is 0 Å². The van der Waals surface area contributed by atoms with Crippen LogP contribution in [0.5, 0.6) is 0 Å². The first-order valence-electron chi connectivity index (χ1n) is 7.94. The largest absolute Gasteiger partial charge is 0.481 e. The number of hydrogen-bond acceptors (Lipinski definition) is 4. The van der Waals surface area contributed by atoms with Crippen LogP contribution in [0.1, 0.15) is 51.9 Å². The molecule has 1 aromatic rings. The number of carbonyl (C=O) groups is 3. The molecule has 0 aliphatic carbocycles. The Kier molecular flexibility index (Phi) is 5.62. The van der Waals surface area contributed by atoms with Crippen molar-refractivity contribution in [3.05, 3.63) is 30.1 Å². The minimum absolute atomic E-state index is 0.162. The van der Waals surface area contributed by atoms with E-state index >= 15 is 0 Å². The fourth-order valence-corrected chi connectivity index (χ4v) is 3.14. The number of aliphatic carboxylic acids is 2. The Hall–Kier alpha value is -2.44. The van der Waals surface area contributed by atoms with Crippen molar-refractivity contribution in [2.45, 2.75) is 47.1 Å². The van der Waals surface area contributed by atoms with E-state index in [0.717, 1.165) is 0 Å². The molecule has 1 aromatic heterocycles.